The van der Waals surface area contributed by atoms with Crippen LogP contribution in [-0.4, -0.2) is 20.6 Å². The molecule has 0 radical (unpaired) electrons. The number of nitrogens with one attached hydrogen (secondary N) is 1. The predicted octanol–water partition coefficient (Wildman–Crippen LogP) is 2.77. The van der Waals surface area contributed by atoms with Gasteiger partial charge in [0.05, 0.1) is 5.56 Å². The minimum absolute atomic E-state index is 0.0332. The summed E-state index contributed by atoms with van der Waals surface area (Å²) in [6.45, 7) is 4.86. The van der Waals surface area contributed by atoms with E-state index in [-0.39, 0.29) is 10.9 Å². The van der Waals surface area contributed by atoms with Crippen LogP contribution in [0.15, 0.2) is 18.2 Å². The fourth-order valence-corrected chi connectivity index (χ4v) is 2.72. The first-order valence-electron chi connectivity index (χ1n) is 6.21. The number of hydrogen-bond acceptors (Lipinski definition) is 3. The predicted molar refractivity (Wildman–Crippen MR) is 77.2 cm³/mol. The first kappa shape index (κ1) is 17.5. The van der Waals surface area contributed by atoms with E-state index < -0.39 is 39.4 Å². The van der Waals surface area contributed by atoms with Crippen molar-refractivity contribution in [2.75, 3.05) is 11.1 Å². The highest BCUT2D eigenvalue weighted by atomic mass is 32.2. The third-order valence-corrected chi connectivity index (χ3v) is 4.65. The van der Waals surface area contributed by atoms with Crippen molar-refractivity contribution >= 4 is 28.1 Å². The molecule has 4 nitrogen and oxygen atoms in total. The fraction of sp³-hybridized carbons (Fsp3) is 0.462. The monoisotopic (exact) mass is 322 g/mol. The molecule has 0 fully saturated rings. The lowest BCUT2D eigenvalue weighted by atomic mass is 10.1. The molecule has 0 heterocycles. The lowest BCUT2D eigenvalue weighted by molar-refractivity contribution is -0.136. The smallest absolute Gasteiger partial charge is 0.398 e. The lowest BCUT2D eigenvalue weighted by Crippen LogP contribution is -2.32. The highest BCUT2D eigenvalue weighted by Crippen LogP contribution is 2.35. The molecule has 0 saturated heterocycles. The largest absolute Gasteiger partial charge is 0.418 e. The van der Waals surface area contributed by atoms with E-state index in [1.54, 1.807) is 13.8 Å². The molecule has 2 unspecified atom stereocenters. The topological polar surface area (TPSA) is 72.2 Å². The van der Waals surface area contributed by atoms with Crippen LogP contribution < -0.4 is 11.1 Å². The van der Waals surface area contributed by atoms with Crippen LogP contribution in [0.5, 0.6) is 0 Å². The molecule has 0 saturated carbocycles. The average Bonchev–Trinajstić information content (AvgIpc) is 2.37. The Morgan fingerprint density at radius 3 is 2.33 bits per heavy atom. The zero-order valence-corrected chi connectivity index (χ0v) is 12.6. The maximum atomic E-state index is 12.7. The minimum atomic E-state index is -4.60. The van der Waals surface area contributed by atoms with E-state index >= 15 is 0 Å². The van der Waals surface area contributed by atoms with Gasteiger partial charge in [-0.3, -0.25) is 9.00 Å². The molecule has 0 aliphatic rings. The SMILES string of the molecule is CC(C)S(=O)C(C)C(=O)Nc1ccc(N)c(C(F)(F)F)c1. The van der Waals surface area contributed by atoms with Crippen molar-refractivity contribution in [2.24, 2.45) is 0 Å². The number of rotatable bonds is 4. The van der Waals surface area contributed by atoms with E-state index in [1.807, 2.05) is 0 Å². The van der Waals surface area contributed by atoms with Gasteiger partial charge in [0.1, 0.15) is 5.25 Å². The van der Waals surface area contributed by atoms with E-state index in [0.717, 1.165) is 12.1 Å². The van der Waals surface area contributed by atoms with Crippen LogP contribution in [0.3, 0.4) is 0 Å². The molecule has 118 valence electrons. The lowest BCUT2D eigenvalue weighted by Gasteiger charge is -2.16. The molecule has 8 heteroatoms. The molecule has 1 rings (SSSR count). The first-order chi connectivity index (χ1) is 9.54. The number of benzene rings is 1. The normalized spacial score (nSPS) is 14.8. The van der Waals surface area contributed by atoms with Crippen LogP contribution >= 0.6 is 0 Å². The molecule has 1 amide bonds. The summed E-state index contributed by atoms with van der Waals surface area (Å²) in [5.41, 5.74) is 3.81. The van der Waals surface area contributed by atoms with Gasteiger partial charge in [0.15, 0.2) is 0 Å². The van der Waals surface area contributed by atoms with Crippen LogP contribution in [0.25, 0.3) is 0 Å². The number of amides is 1. The molecule has 0 bridgehead atoms. The van der Waals surface area contributed by atoms with Gasteiger partial charge < -0.3 is 11.1 Å². The molecule has 2 atom stereocenters. The molecule has 21 heavy (non-hydrogen) atoms. The van der Waals surface area contributed by atoms with Crippen molar-refractivity contribution in [1.29, 1.82) is 0 Å². The van der Waals surface area contributed by atoms with Gasteiger partial charge >= 0.3 is 6.18 Å². The van der Waals surface area contributed by atoms with Gasteiger partial charge in [-0.05, 0) is 25.1 Å². The quantitative estimate of drug-likeness (QED) is 0.837. The molecular formula is C13H17F3N2O2S. The van der Waals surface area contributed by atoms with Crippen molar-refractivity contribution in [3.63, 3.8) is 0 Å². The Morgan fingerprint density at radius 1 is 1.29 bits per heavy atom. The Morgan fingerprint density at radius 2 is 1.86 bits per heavy atom. The van der Waals surface area contributed by atoms with Gasteiger partial charge in [0.2, 0.25) is 5.91 Å². The van der Waals surface area contributed by atoms with Gasteiger partial charge in [0.25, 0.3) is 0 Å². The van der Waals surface area contributed by atoms with E-state index in [1.165, 1.54) is 13.0 Å². The molecule has 0 aromatic heterocycles. The summed E-state index contributed by atoms with van der Waals surface area (Å²) >= 11 is 0. The van der Waals surface area contributed by atoms with Crippen molar-refractivity contribution < 1.29 is 22.2 Å². The van der Waals surface area contributed by atoms with Gasteiger partial charge in [0, 0.05) is 27.4 Å². The zero-order chi connectivity index (χ0) is 16.4. The Bertz CT molecular complexity index is 559. The number of anilines is 2. The molecule has 1 aromatic rings. The zero-order valence-electron chi connectivity index (χ0n) is 11.8. The summed E-state index contributed by atoms with van der Waals surface area (Å²) in [5.74, 6) is -0.597. The van der Waals surface area contributed by atoms with Gasteiger partial charge in [-0.15, -0.1) is 0 Å². The molecule has 1 aromatic carbocycles. The van der Waals surface area contributed by atoms with Gasteiger partial charge in [-0.1, -0.05) is 13.8 Å². The molecule has 0 spiro atoms. The van der Waals surface area contributed by atoms with Crippen LogP contribution in [0, 0.1) is 0 Å². The van der Waals surface area contributed by atoms with Crippen molar-refractivity contribution in [2.45, 2.75) is 37.4 Å². The third-order valence-electron chi connectivity index (χ3n) is 2.81. The Labute approximate surface area is 123 Å². The summed E-state index contributed by atoms with van der Waals surface area (Å²) in [6.07, 6.45) is -4.60. The highest BCUT2D eigenvalue weighted by Gasteiger charge is 2.33. The summed E-state index contributed by atoms with van der Waals surface area (Å²) < 4.78 is 50.0. The maximum Gasteiger partial charge on any atom is 0.418 e. The molecule has 0 aliphatic carbocycles. The summed E-state index contributed by atoms with van der Waals surface area (Å²) in [5, 5.41) is 1.29. The van der Waals surface area contributed by atoms with E-state index in [0.29, 0.717) is 0 Å². The number of halogens is 3. The van der Waals surface area contributed by atoms with Crippen LogP contribution in [-0.2, 0) is 21.8 Å². The van der Waals surface area contributed by atoms with Crippen LogP contribution in [0.2, 0.25) is 0 Å². The van der Waals surface area contributed by atoms with Gasteiger partial charge in [-0.25, -0.2) is 0 Å². The maximum absolute atomic E-state index is 12.7. The third kappa shape index (κ3) is 4.45. The van der Waals surface area contributed by atoms with Crippen molar-refractivity contribution in [3.05, 3.63) is 23.8 Å². The van der Waals surface area contributed by atoms with Crippen LogP contribution in [0.4, 0.5) is 24.5 Å². The number of hydrogen-bond donors (Lipinski definition) is 2. The Kier molecular flexibility index (Phi) is 5.38. The minimum Gasteiger partial charge on any atom is -0.398 e. The van der Waals surface area contributed by atoms with Crippen LogP contribution in [0.1, 0.15) is 26.3 Å². The number of alkyl halides is 3. The second-order valence-electron chi connectivity index (χ2n) is 4.81. The van der Waals surface area contributed by atoms with Gasteiger partial charge in [-0.2, -0.15) is 13.2 Å². The Balaban J connectivity index is 2.94. The summed E-state index contributed by atoms with van der Waals surface area (Å²) in [6, 6.07) is 3.11. The van der Waals surface area contributed by atoms with Crippen molar-refractivity contribution in [3.8, 4) is 0 Å². The summed E-state index contributed by atoms with van der Waals surface area (Å²) in [7, 11) is -1.41. The second-order valence-corrected chi connectivity index (χ2v) is 7.12. The number of carbonyl (C=O) groups is 1. The fourth-order valence-electron chi connectivity index (χ4n) is 1.64. The standard InChI is InChI=1S/C13H17F3N2O2S/c1-7(2)21(20)8(3)12(19)18-9-4-5-11(17)10(6-9)13(14,15)16/h4-8H,17H2,1-3H3,(H,18,19). The van der Waals surface area contributed by atoms with Crippen molar-refractivity contribution in [1.82, 2.24) is 0 Å². The number of carbonyl (C=O) groups excluding carboxylic acids is 1. The average molecular weight is 322 g/mol. The molecular weight excluding hydrogens is 305 g/mol. The second kappa shape index (κ2) is 6.46. The van der Waals surface area contributed by atoms with E-state index in [9.17, 15) is 22.2 Å². The Hall–Kier alpha value is -1.57. The van der Waals surface area contributed by atoms with E-state index in [2.05, 4.69) is 5.32 Å². The first-order valence-corrected chi connectivity index (χ1v) is 7.48. The summed E-state index contributed by atoms with van der Waals surface area (Å²) in [4.78, 5) is 11.9. The molecule has 3 N–H and O–H groups in total. The highest BCUT2D eigenvalue weighted by molar-refractivity contribution is 7.87. The number of nitrogen functional groups attached to an aromatic ring is 1. The van der Waals surface area contributed by atoms with E-state index in [4.69, 9.17) is 5.73 Å². The molecule has 0 aliphatic heterocycles. The number of nitrogens with two attached hydrogens (primary N) is 1.